The molecule has 0 unspecified atom stereocenters. The molecule has 2 rings (SSSR count). The topological polar surface area (TPSA) is 55.8 Å². The highest BCUT2D eigenvalue weighted by Crippen LogP contribution is 2.20. The average Bonchev–Trinajstić information content (AvgIpc) is 3.02. The second kappa shape index (κ2) is 6.76. The van der Waals surface area contributed by atoms with Crippen LogP contribution in [0.4, 0.5) is 0 Å². The number of amides is 1. The summed E-state index contributed by atoms with van der Waals surface area (Å²) in [5.74, 6) is 1.63. The van der Waals surface area contributed by atoms with Crippen molar-refractivity contribution >= 4 is 21.8 Å². The number of furan rings is 2. The minimum Gasteiger partial charge on any atom is -0.464 e. The largest absolute Gasteiger partial charge is 0.464 e. The minimum atomic E-state index is -0.201. The Kier molecular flexibility index (Phi) is 5.03. The molecule has 0 aliphatic rings. The van der Waals surface area contributed by atoms with E-state index in [0.29, 0.717) is 24.2 Å². The molecule has 2 aromatic heterocycles. The molecule has 0 saturated heterocycles. The van der Waals surface area contributed by atoms with Crippen molar-refractivity contribution in [1.82, 2.24) is 4.90 Å². The molecule has 5 nitrogen and oxygen atoms in total. The van der Waals surface area contributed by atoms with Crippen LogP contribution in [-0.4, -0.2) is 31.1 Å². The molecule has 0 radical (unpaired) electrons. The summed E-state index contributed by atoms with van der Waals surface area (Å²) in [6.45, 7) is 3.16. The quantitative estimate of drug-likeness (QED) is 0.809. The molecule has 2 heterocycles. The van der Waals surface area contributed by atoms with Crippen LogP contribution in [0.5, 0.6) is 0 Å². The molecule has 0 spiro atoms. The van der Waals surface area contributed by atoms with Gasteiger partial charge in [0.15, 0.2) is 0 Å². The van der Waals surface area contributed by atoms with Crippen LogP contribution in [-0.2, 0) is 11.3 Å². The van der Waals surface area contributed by atoms with Gasteiger partial charge in [0.25, 0.3) is 5.91 Å². The lowest BCUT2D eigenvalue weighted by Gasteiger charge is -2.20. The fraction of sp³-hybridized carbons (Fsp3) is 0.357. The zero-order valence-electron chi connectivity index (χ0n) is 11.4. The van der Waals surface area contributed by atoms with E-state index in [0.717, 1.165) is 11.5 Å². The highest BCUT2D eigenvalue weighted by atomic mass is 79.9. The van der Waals surface area contributed by atoms with Crippen LogP contribution in [0.25, 0.3) is 0 Å². The molecular weight excluding hydrogens is 326 g/mol. The van der Waals surface area contributed by atoms with Gasteiger partial charge in [0.1, 0.15) is 11.5 Å². The summed E-state index contributed by atoms with van der Waals surface area (Å²) in [4.78, 5) is 14.1. The third-order valence-electron chi connectivity index (χ3n) is 2.81. The SMILES string of the molecule is COCCN(Cc1ccc(C)o1)C(=O)c1occc1Br. The van der Waals surface area contributed by atoms with Crippen molar-refractivity contribution in [1.29, 1.82) is 0 Å². The van der Waals surface area contributed by atoms with E-state index in [2.05, 4.69) is 15.9 Å². The van der Waals surface area contributed by atoms with E-state index in [4.69, 9.17) is 13.6 Å². The van der Waals surface area contributed by atoms with Crippen molar-refractivity contribution in [2.45, 2.75) is 13.5 Å². The summed E-state index contributed by atoms with van der Waals surface area (Å²) in [6, 6.07) is 5.43. The second-order valence-corrected chi connectivity index (χ2v) is 5.18. The first-order chi connectivity index (χ1) is 9.61. The van der Waals surface area contributed by atoms with Crippen molar-refractivity contribution in [3.8, 4) is 0 Å². The van der Waals surface area contributed by atoms with Crippen LogP contribution in [0.2, 0.25) is 0 Å². The Balaban J connectivity index is 2.14. The van der Waals surface area contributed by atoms with Gasteiger partial charge in [0.2, 0.25) is 5.76 Å². The summed E-state index contributed by atoms with van der Waals surface area (Å²) in [6.07, 6.45) is 1.48. The first kappa shape index (κ1) is 14.9. The molecule has 0 atom stereocenters. The third-order valence-corrected chi connectivity index (χ3v) is 3.43. The molecule has 0 aliphatic heterocycles. The first-order valence-corrected chi connectivity index (χ1v) is 6.97. The van der Waals surface area contributed by atoms with E-state index < -0.39 is 0 Å². The van der Waals surface area contributed by atoms with Gasteiger partial charge in [-0.2, -0.15) is 0 Å². The summed E-state index contributed by atoms with van der Waals surface area (Å²) in [7, 11) is 1.60. The number of nitrogens with zero attached hydrogens (tertiary/aromatic N) is 1. The smallest absolute Gasteiger partial charge is 0.291 e. The Bertz CT molecular complexity index is 575. The molecule has 0 aromatic carbocycles. The Morgan fingerprint density at radius 1 is 1.40 bits per heavy atom. The van der Waals surface area contributed by atoms with E-state index in [9.17, 15) is 4.79 Å². The summed E-state index contributed by atoms with van der Waals surface area (Å²) < 4.78 is 16.4. The predicted octanol–water partition coefficient (Wildman–Crippen LogP) is 3.23. The fourth-order valence-corrected chi connectivity index (χ4v) is 2.17. The van der Waals surface area contributed by atoms with Crippen LogP contribution >= 0.6 is 15.9 Å². The zero-order chi connectivity index (χ0) is 14.5. The average molecular weight is 342 g/mol. The number of methoxy groups -OCH3 is 1. The molecule has 2 aromatic rings. The van der Waals surface area contributed by atoms with Crippen LogP contribution in [0, 0.1) is 6.92 Å². The highest BCUT2D eigenvalue weighted by molar-refractivity contribution is 9.10. The van der Waals surface area contributed by atoms with E-state index in [1.54, 1.807) is 18.1 Å². The number of rotatable bonds is 6. The van der Waals surface area contributed by atoms with Crippen molar-refractivity contribution in [3.05, 3.63) is 46.2 Å². The molecule has 0 bridgehead atoms. The fourth-order valence-electron chi connectivity index (χ4n) is 1.80. The molecule has 20 heavy (non-hydrogen) atoms. The van der Waals surface area contributed by atoms with Crippen LogP contribution in [0.1, 0.15) is 22.1 Å². The number of hydrogen-bond donors (Lipinski definition) is 0. The lowest BCUT2D eigenvalue weighted by atomic mass is 10.3. The number of hydrogen-bond acceptors (Lipinski definition) is 4. The van der Waals surface area contributed by atoms with Gasteiger partial charge in [-0.3, -0.25) is 4.79 Å². The standard InChI is InChI=1S/C14H16BrNO4/c1-10-3-4-11(20-10)9-16(6-8-18-2)14(17)13-12(15)5-7-19-13/h3-5,7H,6,8-9H2,1-2H3. The molecule has 0 fully saturated rings. The van der Waals surface area contributed by atoms with Crippen LogP contribution in [0.15, 0.2) is 37.8 Å². The van der Waals surface area contributed by atoms with Gasteiger partial charge in [-0.25, -0.2) is 0 Å². The highest BCUT2D eigenvalue weighted by Gasteiger charge is 2.22. The lowest BCUT2D eigenvalue weighted by molar-refractivity contribution is 0.0633. The lowest BCUT2D eigenvalue weighted by Crippen LogP contribution is -2.33. The van der Waals surface area contributed by atoms with Crippen LogP contribution in [0.3, 0.4) is 0 Å². The second-order valence-electron chi connectivity index (χ2n) is 4.33. The summed E-state index contributed by atoms with van der Waals surface area (Å²) >= 11 is 3.30. The number of aryl methyl sites for hydroxylation is 1. The van der Waals surface area contributed by atoms with Gasteiger partial charge in [-0.15, -0.1) is 0 Å². The Labute approximate surface area is 125 Å². The van der Waals surface area contributed by atoms with E-state index in [-0.39, 0.29) is 11.7 Å². The molecular formula is C14H16BrNO4. The maximum atomic E-state index is 12.4. The molecule has 1 amide bonds. The number of ether oxygens (including phenoxy) is 1. The zero-order valence-corrected chi connectivity index (χ0v) is 13.0. The molecule has 108 valence electrons. The molecule has 0 saturated carbocycles. The predicted molar refractivity (Wildman–Crippen MR) is 76.5 cm³/mol. The van der Waals surface area contributed by atoms with Gasteiger partial charge in [0.05, 0.1) is 23.9 Å². The van der Waals surface area contributed by atoms with Crippen LogP contribution < -0.4 is 0 Å². The number of carbonyl (C=O) groups is 1. The van der Waals surface area contributed by atoms with E-state index in [1.165, 1.54) is 6.26 Å². The first-order valence-electron chi connectivity index (χ1n) is 6.18. The molecule has 0 aliphatic carbocycles. The number of carbonyl (C=O) groups excluding carboxylic acids is 1. The van der Waals surface area contributed by atoms with Crippen molar-refractivity contribution < 1.29 is 18.4 Å². The summed E-state index contributed by atoms with van der Waals surface area (Å²) in [5.41, 5.74) is 0. The molecule has 6 heteroatoms. The molecule has 0 N–H and O–H groups in total. The van der Waals surface area contributed by atoms with Crippen molar-refractivity contribution in [3.63, 3.8) is 0 Å². The third kappa shape index (κ3) is 3.52. The minimum absolute atomic E-state index is 0.201. The van der Waals surface area contributed by atoms with Gasteiger partial charge in [-0.05, 0) is 41.1 Å². The maximum absolute atomic E-state index is 12.4. The monoisotopic (exact) mass is 341 g/mol. The Hall–Kier alpha value is -1.53. The Morgan fingerprint density at radius 2 is 2.20 bits per heavy atom. The van der Waals surface area contributed by atoms with E-state index in [1.807, 2.05) is 19.1 Å². The van der Waals surface area contributed by atoms with Gasteiger partial charge < -0.3 is 18.5 Å². The van der Waals surface area contributed by atoms with Crippen molar-refractivity contribution in [2.75, 3.05) is 20.3 Å². The Morgan fingerprint density at radius 3 is 2.75 bits per heavy atom. The summed E-state index contributed by atoms with van der Waals surface area (Å²) in [5, 5.41) is 0. The number of halogens is 1. The maximum Gasteiger partial charge on any atom is 0.291 e. The van der Waals surface area contributed by atoms with Gasteiger partial charge in [-0.1, -0.05) is 0 Å². The van der Waals surface area contributed by atoms with Gasteiger partial charge >= 0.3 is 0 Å². The van der Waals surface area contributed by atoms with Gasteiger partial charge in [0, 0.05) is 13.7 Å². The van der Waals surface area contributed by atoms with Crippen molar-refractivity contribution in [2.24, 2.45) is 0 Å². The normalized spacial score (nSPS) is 10.8. The van der Waals surface area contributed by atoms with E-state index >= 15 is 0 Å².